The van der Waals surface area contributed by atoms with Gasteiger partial charge in [-0.3, -0.25) is 0 Å². The van der Waals surface area contributed by atoms with Gasteiger partial charge in [0.2, 0.25) is 0 Å². The van der Waals surface area contributed by atoms with Crippen molar-refractivity contribution in [3.8, 4) is 0 Å². The van der Waals surface area contributed by atoms with Crippen molar-refractivity contribution >= 4 is 15.9 Å². The van der Waals surface area contributed by atoms with Crippen LogP contribution in [-0.4, -0.2) is 4.83 Å². The molecule has 0 nitrogen and oxygen atoms in total. The maximum Gasteiger partial charge on any atom is 0.0242 e. The van der Waals surface area contributed by atoms with E-state index in [2.05, 4.69) is 63.5 Å². The molecular formula is C14H25Br. The van der Waals surface area contributed by atoms with Gasteiger partial charge in [-0.05, 0) is 36.5 Å². The van der Waals surface area contributed by atoms with Crippen LogP contribution in [0.3, 0.4) is 0 Å². The van der Waals surface area contributed by atoms with Gasteiger partial charge in [-0.1, -0.05) is 62.2 Å². The van der Waals surface area contributed by atoms with Gasteiger partial charge >= 0.3 is 0 Å². The summed E-state index contributed by atoms with van der Waals surface area (Å²) in [5, 5.41) is 0. The molecule has 0 aliphatic heterocycles. The third-order valence-corrected chi connectivity index (χ3v) is 5.75. The summed E-state index contributed by atoms with van der Waals surface area (Å²) in [4.78, 5) is 0.626. The van der Waals surface area contributed by atoms with Gasteiger partial charge < -0.3 is 0 Å². The minimum Gasteiger partial charge on any atom is -0.0881 e. The second-order valence-electron chi connectivity index (χ2n) is 5.89. The first-order valence-corrected chi connectivity index (χ1v) is 7.04. The van der Waals surface area contributed by atoms with E-state index < -0.39 is 0 Å². The Bertz CT molecular complexity index is 252. The third kappa shape index (κ3) is 2.18. The molecule has 1 aliphatic carbocycles. The van der Waals surface area contributed by atoms with Crippen LogP contribution in [0.5, 0.6) is 0 Å². The zero-order valence-electron chi connectivity index (χ0n) is 11.0. The molecule has 88 valence electrons. The maximum absolute atomic E-state index is 3.90. The monoisotopic (exact) mass is 272 g/mol. The van der Waals surface area contributed by atoms with Gasteiger partial charge in [0.25, 0.3) is 0 Å². The van der Waals surface area contributed by atoms with Gasteiger partial charge in [-0.25, -0.2) is 0 Å². The average molecular weight is 273 g/mol. The van der Waals surface area contributed by atoms with Crippen molar-refractivity contribution in [3.05, 3.63) is 11.6 Å². The Labute approximate surface area is 104 Å². The fourth-order valence-corrected chi connectivity index (χ4v) is 4.32. The van der Waals surface area contributed by atoms with E-state index in [1.807, 2.05) is 0 Å². The van der Waals surface area contributed by atoms with Crippen LogP contribution in [0.2, 0.25) is 0 Å². The minimum absolute atomic E-state index is 0.396. The molecule has 0 heterocycles. The SMILES string of the molecule is CC1=CC[C@H](Br)[C@@](C)(C(C)C)[C@@H]1C(C)C. The highest BCUT2D eigenvalue weighted by molar-refractivity contribution is 9.09. The lowest BCUT2D eigenvalue weighted by molar-refractivity contribution is 0.0927. The summed E-state index contributed by atoms with van der Waals surface area (Å²) in [6.45, 7) is 14.2. The second-order valence-corrected chi connectivity index (χ2v) is 7.00. The highest BCUT2D eigenvalue weighted by Gasteiger charge is 2.46. The van der Waals surface area contributed by atoms with E-state index in [-0.39, 0.29) is 0 Å². The van der Waals surface area contributed by atoms with Crippen molar-refractivity contribution in [2.45, 2.75) is 52.8 Å². The Morgan fingerprint density at radius 2 is 1.87 bits per heavy atom. The molecule has 1 aliphatic rings. The van der Waals surface area contributed by atoms with E-state index in [0.29, 0.717) is 10.2 Å². The number of hydrogen-bond acceptors (Lipinski definition) is 0. The van der Waals surface area contributed by atoms with Gasteiger partial charge in [0.05, 0.1) is 0 Å². The molecular weight excluding hydrogens is 248 g/mol. The minimum atomic E-state index is 0.396. The van der Waals surface area contributed by atoms with Crippen LogP contribution in [0, 0.1) is 23.2 Å². The lowest BCUT2D eigenvalue weighted by Gasteiger charge is -2.50. The predicted molar refractivity (Wildman–Crippen MR) is 72.4 cm³/mol. The van der Waals surface area contributed by atoms with Crippen molar-refractivity contribution in [1.29, 1.82) is 0 Å². The molecule has 0 aromatic carbocycles. The van der Waals surface area contributed by atoms with E-state index in [1.54, 1.807) is 5.57 Å². The first kappa shape index (κ1) is 13.3. The van der Waals surface area contributed by atoms with Crippen LogP contribution in [0.4, 0.5) is 0 Å². The van der Waals surface area contributed by atoms with E-state index in [0.717, 1.165) is 17.8 Å². The number of alkyl halides is 1. The summed E-state index contributed by atoms with van der Waals surface area (Å²) in [6.07, 6.45) is 3.61. The fourth-order valence-electron chi connectivity index (χ4n) is 3.32. The lowest BCUT2D eigenvalue weighted by Crippen LogP contribution is -2.45. The van der Waals surface area contributed by atoms with Crippen molar-refractivity contribution in [3.63, 3.8) is 0 Å². The molecule has 0 amide bonds. The molecule has 0 aromatic heterocycles. The quantitative estimate of drug-likeness (QED) is 0.488. The topological polar surface area (TPSA) is 0 Å². The summed E-state index contributed by atoms with van der Waals surface area (Å²) < 4.78 is 0. The molecule has 1 heteroatoms. The highest BCUT2D eigenvalue weighted by Crippen LogP contribution is 2.52. The summed E-state index contributed by atoms with van der Waals surface area (Å²) in [5.41, 5.74) is 1.99. The van der Waals surface area contributed by atoms with Crippen LogP contribution < -0.4 is 0 Å². The maximum atomic E-state index is 3.90. The van der Waals surface area contributed by atoms with Crippen molar-refractivity contribution < 1.29 is 0 Å². The largest absolute Gasteiger partial charge is 0.0881 e. The normalized spacial score (nSPS) is 37.3. The molecule has 0 saturated heterocycles. The Balaban J connectivity index is 3.14. The highest BCUT2D eigenvalue weighted by atomic mass is 79.9. The molecule has 0 spiro atoms. The summed E-state index contributed by atoms with van der Waals surface area (Å²) in [5.74, 6) is 2.17. The van der Waals surface area contributed by atoms with Crippen LogP contribution in [0.25, 0.3) is 0 Å². The van der Waals surface area contributed by atoms with E-state index in [4.69, 9.17) is 0 Å². The fraction of sp³-hybridized carbons (Fsp3) is 0.857. The number of hydrogen-bond donors (Lipinski definition) is 0. The number of allylic oxidation sites excluding steroid dienone is 2. The smallest absolute Gasteiger partial charge is 0.0242 e. The van der Waals surface area contributed by atoms with Crippen LogP contribution >= 0.6 is 15.9 Å². The van der Waals surface area contributed by atoms with Crippen LogP contribution in [-0.2, 0) is 0 Å². The van der Waals surface area contributed by atoms with Crippen molar-refractivity contribution in [2.24, 2.45) is 23.2 Å². The molecule has 0 fully saturated rings. The Morgan fingerprint density at radius 3 is 2.20 bits per heavy atom. The van der Waals surface area contributed by atoms with E-state index in [1.165, 1.54) is 6.42 Å². The third-order valence-electron chi connectivity index (χ3n) is 4.39. The number of rotatable bonds is 2. The van der Waals surface area contributed by atoms with Gasteiger partial charge in [0, 0.05) is 4.83 Å². The molecule has 0 bridgehead atoms. The van der Waals surface area contributed by atoms with E-state index >= 15 is 0 Å². The average Bonchev–Trinajstić information content (AvgIpc) is 2.11. The lowest BCUT2D eigenvalue weighted by atomic mass is 9.58. The van der Waals surface area contributed by atoms with Gasteiger partial charge in [-0.2, -0.15) is 0 Å². The Kier molecular flexibility index (Phi) is 4.08. The van der Waals surface area contributed by atoms with Crippen molar-refractivity contribution in [1.82, 2.24) is 0 Å². The zero-order valence-corrected chi connectivity index (χ0v) is 12.6. The van der Waals surface area contributed by atoms with Gasteiger partial charge in [0.1, 0.15) is 0 Å². The Morgan fingerprint density at radius 1 is 1.33 bits per heavy atom. The van der Waals surface area contributed by atoms with E-state index in [9.17, 15) is 0 Å². The predicted octanol–water partition coefficient (Wildman–Crippen LogP) is 5.03. The zero-order chi connectivity index (χ0) is 11.8. The molecule has 1 rings (SSSR count). The summed E-state index contributed by atoms with van der Waals surface area (Å²) in [7, 11) is 0. The Hall–Kier alpha value is 0.220. The molecule has 0 saturated carbocycles. The van der Waals surface area contributed by atoms with Gasteiger partial charge in [-0.15, -0.1) is 0 Å². The van der Waals surface area contributed by atoms with Crippen LogP contribution in [0.1, 0.15) is 48.0 Å². The van der Waals surface area contributed by atoms with Crippen LogP contribution in [0.15, 0.2) is 11.6 Å². The molecule has 0 N–H and O–H groups in total. The first-order chi connectivity index (χ1) is 6.81. The number of halogens is 1. The first-order valence-electron chi connectivity index (χ1n) is 6.12. The molecule has 0 radical (unpaired) electrons. The molecule has 3 atom stereocenters. The second kappa shape index (κ2) is 4.61. The summed E-state index contributed by atoms with van der Waals surface area (Å²) >= 11 is 3.90. The van der Waals surface area contributed by atoms with Gasteiger partial charge in [0.15, 0.2) is 0 Å². The molecule has 0 unspecified atom stereocenters. The summed E-state index contributed by atoms with van der Waals surface area (Å²) in [6, 6.07) is 0. The van der Waals surface area contributed by atoms with Crippen molar-refractivity contribution in [2.75, 3.05) is 0 Å². The molecule has 15 heavy (non-hydrogen) atoms. The standard InChI is InChI=1S/C14H25Br/c1-9(2)13-11(5)7-8-12(15)14(13,6)10(3)4/h7,9-10,12-13H,8H2,1-6H3/t12-,13+,14+/m0/s1. The molecule has 0 aromatic rings.